The molecular weight excluding hydrogens is 292 g/mol. The SMILES string of the molecule is O=C(CN1C(=O)[C@H]2CC=CC[C@H]2C1=O)NCCC1=CCCCC1. The maximum atomic E-state index is 12.3. The van der Waals surface area contributed by atoms with E-state index in [1.54, 1.807) is 0 Å². The monoisotopic (exact) mass is 316 g/mol. The number of imide groups is 1. The Morgan fingerprint density at radius 3 is 2.43 bits per heavy atom. The number of fused-ring (bicyclic) bond motifs is 1. The Labute approximate surface area is 136 Å². The van der Waals surface area contributed by atoms with Gasteiger partial charge in [0, 0.05) is 6.54 Å². The molecule has 0 spiro atoms. The van der Waals surface area contributed by atoms with Gasteiger partial charge in [-0.3, -0.25) is 19.3 Å². The number of carbonyl (C=O) groups excluding carboxylic acids is 3. The molecule has 1 aliphatic heterocycles. The van der Waals surface area contributed by atoms with Gasteiger partial charge < -0.3 is 5.32 Å². The van der Waals surface area contributed by atoms with E-state index < -0.39 is 0 Å². The van der Waals surface area contributed by atoms with Gasteiger partial charge in [0.1, 0.15) is 6.54 Å². The molecule has 1 N–H and O–H groups in total. The summed E-state index contributed by atoms with van der Waals surface area (Å²) in [5.74, 6) is -1.13. The van der Waals surface area contributed by atoms with Crippen molar-refractivity contribution in [3.05, 3.63) is 23.8 Å². The molecule has 2 atom stereocenters. The van der Waals surface area contributed by atoms with Crippen LogP contribution in [0.15, 0.2) is 23.8 Å². The highest BCUT2D eigenvalue weighted by Gasteiger charge is 2.47. The maximum Gasteiger partial charge on any atom is 0.240 e. The van der Waals surface area contributed by atoms with Crippen molar-refractivity contribution < 1.29 is 14.4 Å². The Morgan fingerprint density at radius 1 is 1.13 bits per heavy atom. The minimum absolute atomic E-state index is 0.135. The summed E-state index contributed by atoms with van der Waals surface area (Å²) in [6.45, 7) is 0.443. The van der Waals surface area contributed by atoms with Crippen LogP contribution in [0.3, 0.4) is 0 Å². The average Bonchev–Trinajstić information content (AvgIpc) is 2.81. The van der Waals surface area contributed by atoms with Crippen LogP contribution in [0.5, 0.6) is 0 Å². The quantitative estimate of drug-likeness (QED) is 0.623. The first-order chi connectivity index (χ1) is 11.2. The number of nitrogens with zero attached hydrogens (tertiary/aromatic N) is 1. The van der Waals surface area contributed by atoms with Crippen molar-refractivity contribution in [1.29, 1.82) is 0 Å². The molecule has 23 heavy (non-hydrogen) atoms. The molecule has 124 valence electrons. The van der Waals surface area contributed by atoms with Gasteiger partial charge in [0.25, 0.3) is 0 Å². The second-order valence-corrected chi connectivity index (χ2v) is 6.63. The highest BCUT2D eigenvalue weighted by Crippen LogP contribution is 2.34. The van der Waals surface area contributed by atoms with Gasteiger partial charge in [0.05, 0.1) is 11.8 Å². The van der Waals surface area contributed by atoms with Gasteiger partial charge >= 0.3 is 0 Å². The third-order valence-corrected chi connectivity index (χ3v) is 5.05. The van der Waals surface area contributed by atoms with Gasteiger partial charge in [-0.1, -0.05) is 23.8 Å². The van der Waals surface area contributed by atoms with Gasteiger partial charge in [0.2, 0.25) is 17.7 Å². The minimum atomic E-state index is -0.257. The first-order valence-corrected chi connectivity index (χ1v) is 8.61. The highest BCUT2D eigenvalue weighted by atomic mass is 16.2. The van der Waals surface area contributed by atoms with Crippen molar-refractivity contribution in [2.75, 3.05) is 13.1 Å². The summed E-state index contributed by atoms with van der Waals surface area (Å²) in [4.78, 5) is 37.8. The van der Waals surface area contributed by atoms with Crippen LogP contribution in [0.1, 0.15) is 44.9 Å². The van der Waals surface area contributed by atoms with Crippen LogP contribution in [-0.4, -0.2) is 35.7 Å². The Morgan fingerprint density at radius 2 is 1.83 bits per heavy atom. The molecule has 3 rings (SSSR count). The second-order valence-electron chi connectivity index (χ2n) is 6.63. The number of rotatable bonds is 5. The molecule has 3 amide bonds. The van der Waals surface area contributed by atoms with Gasteiger partial charge in [-0.2, -0.15) is 0 Å². The van der Waals surface area contributed by atoms with E-state index in [4.69, 9.17) is 0 Å². The lowest BCUT2D eigenvalue weighted by Gasteiger charge is -2.16. The molecule has 0 bridgehead atoms. The van der Waals surface area contributed by atoms with Crippen molar-refractivity contribution in [2.24, 2.45) is 11.8 Å². The smallest absolute Gasteiger partial charge is 0.240 e. The maximum absolute atomic E-state index is 12.3. The lowest BCUT2D eigenvalue weighted by atomic mass is 9.85. The van der Waals surface area contributed by atoms with Gasteiger partial charge in [0.15, 0.2) is 0 Å². The van der Waals surface area contributed by atoms with Gasteiger partial charge in [-0.25, -0.2) is 0 Å². The molecule has 3 aliphatic rings. The Balaban J connectivity index is 1.47. The number of hydrogen-bond donors (Lipinski definition) is 1. The fourth-order valence-electron chi connectivity index (χ4n) is 3.72. The molecule has 0 aromatic rings. The lowest BCUT2D eigenvalue weighted by molar-refractivity contribution is -0.143. The van der Waals surface area contributed by atoms with E-state index in [0.29, 0.717) is 19.4 Å². The molecule has 0 unspecified atom stereocenters. The normalized spacial score (nSPS) is 27.0. The van der Waals surface area contributed by atoms with Crippen LogP contribution in [0, 0.1) is 11.8 Å². The molecule has 1 fully saturated rings. The highest BCUT2D eigenvalue weighted by molar-refractivity contribution is 6.07. The number of carbonyl (C=O) groups is 3. The van der Waals surface area contributed by atoms with Crippen molar-refractivity contribution in [3.8, 4) is 0 Å². The largest absolute Gasteiger partial charge is 0.354 e. The van der Waals surface area contributed by atoms with Gasteiger partial charge in [-0.05, 0) is 44.9 Å². The lowest BCUT2D eigenvalue weighted by Crippen LogP contribution is -2.41. The molecule has 0 aromatic heterocycles. The zero-order chi connectivity index (χ0) is 16.2. The Hall–Kier alpha value is -1.91. The van der Waals surface area contributed by atoms with Crippen LogP contribution in [0.4, 0.5) is 0 Å². The first-order valence-electron chi connectivity index (χ1n) is 8.61. The molecule has 0 radical (unpaired) electrons. The fourth-order valence-corrected chi connectivity index (χ4v) is 3.72. The third-order valence-electron chi connectivity index (χ3n) is 5.05. The Kier molecular flexibility index (Phi) is 4.94. The molecule has 5 nitrogen and oxygen atoms in total. The second kappa shape index (κ2) is 7.11. The van der Waals surface area contributed by atoms with Crippen molar-refractivity contribution in [2.45, 2.75) is 44.9 Å². The molecule has 2 aliphatic carbocycles. The van der Waals surface area contributed by atoms with Crippen LogP contribution < -0.4 is 5.32 Å². The molecule has 0 aromatic carbocycles. The summed E-state index contributed by atoms with van der Waals surface area (Å²) in [7, 11) is 0. The molecule has 5 heteroatoms. The van der Waals surface area contributed by atoms with E-state index in [1.807, 2.05) is 12.2 Å². The minimum Gasteiger partial charge on any atom is -0.354 e. The van der Waals surface area contributed by atoms with Crippen LogP contribution >= 0.6 is 0 Å². The Bertz CT molecular complexity index is 539. The molecule has 1 heterocycles. The molecule has 0 saturated carbocycles. The number of allylic oxidation sites excluding steroid dienone is 3. The zero-order valence-electron chi connectivity index (χ0n) is 13.4. The van der Waals surface area contributed by atoms with E-state index >= 15 is 0 Å². The van der Waals surface area contributed by atoms with Crippen molar-refractivity contribution in [3.63, 3.8) is 0 Å². The molecular formula is C18H24N2O3. The predicted molar refractivity (Wildman–Crippen MR) is 86.3 cm³/mol. The summed E-state index contributed by atoms with van der Waals surface area (Å²) in [5, 5.41) is 2.84. The predicted octanol–water partition coefficient (Wildman–Crippen LogP) is 1.94. The zero-order valence-corrected chi connectivity index (χ0v) is 13.4. The fraction of sp³-hybridized carbons (Fsp3) is 0.611. The summed E-state index contributed by atoms with van der Waals surface area (Å²) in [6.07, 6.45) is 13.0. The summed E-state index contributed by atoms with van der Waals surface area (Å²) in [6, 6.07) is 0. The first kappa shape index (κ1) is 16.0. The third kappa shape index (κ3) is 3.54. The summed E-state index contributed by atoms with van der Waals surface area (Å²) < 4.78 is 0. The number of amides is 3. The van der Waals surface area contributed by atoms with E-state index in [9.17, 15) is 14.4 Å². The number of hydrogen-bond acceptors (Lipinski definition) is 3. The van der Waals surface area contributed by atoms with Crippen molar-refractivity contribution >= 4 is 17.7 Å². The number of likely N-dealkylation sites (tertiary alicyclic amines) is 1. The summed E-state index contributed by atoms with van der Waals surface area (Å²) in [5.41, 5.74) is 1.40. The van der Waals surface area contributed by atoms with E-state index in [1.165, 1.54) is 18.4 Å². The average molecular weight is 316 g/mol. The summed E-state index contributed by atoms with van der Waals surface area (Å²) >= 11 is 0. The van der Waals surface area contributed by atoms with E-state index in [-0.39, 0.29) is 36.1 Å². The van der Waals surface area contributed by atoms with Crippen molar-refractivity contribution in [1.82, 2.24) is 10.2 Å². The topological polar surface area (TPSA) is 66.5 Å². The van der Waals surface area contributed by atoms with Gasteiger partial charge in [-0.15, -0.1) is 0 Å². The van der Waals surface area contributed by atoms with Crippen LogP contribution in [0.2, 0.25) is 0 Å². The standard InChI is InChI=1S/C18H24N2O3/c21-16(19-11-10-13-6-2-1-3-7-13)12-20-17(22)14-8-4-5-9-15(14)18(20)23/h4-6,14-15H,1-3,7-12H2,(H,19,21)/t14-,15+. The van der Waals surface area contributed by atoms with Crippen LogP contribution in [-0.2, 0) is 14.4 Å². The molecule has 1 saturated heterocycles. The van der Waals surface area contributed by atoms with E-state index in [0.717, 1.165) is 24.2 Å². The number of nitrogens with one attached hydrogen (secondary N) is 1. The van der Waals surface area contributed by atoms with Crippen LogP contribution in [0.25, 0.3) is 0 Å². The van der Waals surface area contributed by atoms with E-state index in [2.05, 4.69) is 11.4 Å².